The second-order valence-electron chi connectivity index (χ2n) is 8.37. The van der Waals surface area contributed by atoms with Crippen molar-refractivity contribution in [2.45, 2.75) is 44.6 Å². The van der Waals surface area contributed by atoms with Crippen molar-refractivity contribution in [2.24, 2.45) is 0 Å². The van der Waals surface area contributed by atoms with Crippen LogP contribution in [0.1, 0.15) is 35.4 Å². The van der Waals surface area contributed by atoms with Gasteiger partial charge in [0.15, 0.2) is 0 Å². The minimum absolute atomic E-state index is 0.0459. The fraction of sp³-hybridized carbons (Fsp3) is 0.320. The molecule has 5 heteroatoms. The Morgan fingerprint density at radius 3 is 2.73 bits per heavy atom. The third-order valence-corrected chi connectivity index (χ3v) is 6.15. The number of aryl methyl sites for hydroxylation is 2. The molecule has 0 bridgehead atoms. The molecule has 1 atom stereocenters. The van der Waals surface area contributed by atoms with Gasteiger partial charge in [-0.25, -0.2) is 4.98 Å². The number of aromatic nitrogens is 2. The molecule has 1 aliphatic carbocycles. The Morgan fingerprint density at radius 2 is 1.97 bits per heavy atom. The molecule has 0 saturated heterocycles. The molecule has 0 unspecified atom stereocenters. The molecule has 1 amide bonds. The van der Waals surface area contributed by atoms with Gasteiger partial charge in [0.2, 0.25) is 5.91 Å². The summed E-state index contributed by atoms with van der Waals surface area (Å²) < 4.78 is 6.09. The molecule has 2 heterocycles. The van der Waals surface area contributed by atoms with Gasteiger partial charge < -0.3 is 10.1 Å². The standard InChI is InChI=1S/C25H25N3O2/c1-16-14-26-17(2)23(28-16)18-8-9-22-19(12-18)13-21(30-22)15-27-24(29)25(10-11-25)20-6-4-3-5-7-20/h3-9,12,14,21H,10-11,13,15H2,1-2H3,(H,27,29)/t21-/m1/s1. The number of nitrogens with zero attached hydrogens (tertiary/aromatic N) is 2. The molecule has 2 aliphatic rings. The Bertz CT molecular complexity index is 1110. The zero-order valence-corrected chi connectivity index (χ0v) is 17.3. The largest absolute Gasteiger partial charge is 0.488 e. The summed E-state index contributed by atoms with van der Waals surface area (Å²) in [5.74, 6) is 1.00. The number of hydrogen-bond donors (Lipinski definition) is 1. The summed E-state index contributed by atoms with van der Waals surface area (Å²) in [6.07, 6.45) is 4.34. The van der Waals surface area contributed by atoms with Crippen molar-refractivity contribution >= 4 is 5.91 Å². The second-order valence-corrected chi connectivity index (χ2v) is 8.37. The second kappa shape index (κ2) is 7.24. The number of hydrogen-bond acceptors (Lipinski definition) is 4. The van der Waals surface area contributed by atoms with E-state index in [-0.39, 0.29) is 17.4 Å². The van der Waals surface area contributed by atoms with Crippen LogP contribution in [0.25, 0.3) is 11.3 Å². The van der Waals surface area contributed by atoms with E-state index in [2.05, 4.69) is 21.4 Å². The topological polar surface area (TPSA) is 64.1 Å². The lowest BCUT2D eigenvalue weighted by Gasteiger charge is -2.18. The molecule has 5 nitrogen and oxygen atoms in total. The smallest absolute Gasteiger partial charge is 0.230 e. The maximum atomic E-state index is 12.9. The number of carbonyl (C=O) groups excluding carboxylic acids is 1. The predicted molar refractivity (Wildman–Crippen MR) is 115 cm³/mol. The molecule has 3 aromatic rings. The highest BCUT2D eigenvalue weighted by atomic mass is 16.5. The van der Waals surface area contributed by atoms with Crippen LogP contribution in [0.2, 0.25) is 0 Å². The lowest BCUT2D eigenvalue weighted by Crippen LogP contribution is -2.40. The fourth-order valence-electron chi connectivity index (χ4n) is 4.30. The van der Waals surface area contributed by atoms with Crippen LogP contribution in [0.5, 0.6) is 5.75 Å². The van der Waals surface area contributed by atoms with Crippen LogP contribution in [-0.4, -0.2) is 28.5 Å². The van der Waals surface area contributed by atoms with Gasteiger partial charge in [0.25, 0.3) is 0 Å². The zero-order chi connectivity index (χ0) is 20.7. The van der Waals surface area contributed by atoms with Gasteiger partial charge in [0, 0.05) is 18.2 Å². The summed E-state index contributed by atoms with van der Waals surface area (Å²) in [5, 5.41) is 3.14. The minimum atomic E-state index is -0.346. The van der Waals surface area contributed by atoms with E-state index in [1.807, 2.05) is 56.3 Å². The van der Waals surface area contributed by atoms with Crippen LogP contribution >= 0.6 is 0 Å². The number of benzene rings is 2. The Hall–Kier alpha value is -3.21. The summed E-state index contributed by atoms with van der Waals surface area (Å²) in [6.45, 7) is 4.44. The van der Waals surface area contributed by atoms with E-state index in [0.29, 0.717) is 6.54 Å². The van der Waals surface area contributed by atoms with Crippen LogP contribution in [-0.2, 0) is 16.6 Å². The van der Waals surface area contributed by atoms with E-state index >= 15 is 0 Å². The number of amides is 1. The summed E-state index contributed by atoms with van der Waals surface area (Å²) in [6, 6.07) is 16.2. The van der Waals surface area contributed by atoms with Gasteiger partial charge in [-0.05, 0) is 56.0 Å². The van der Waals surface area contributed by atoms with Crippen LogP contribution in [0, 0.1) is 13.8 Å². The predicted octanol–water partition coefficient (Wildman–Crippen LogP) is 3.91. The first kappa shape index (κ1) is 18.8. The third-order valence-electron chi connectivity index (χ3n) is 6.15. The van der Waals surface area contributed by atoms with E-state index in [9.17, 15) is 4.79 Å². The van der Waals surface area contributed by atoms with Gasteiger partial charge >= 0.3 is 0 Å². The van der Waals surface area contributed by atoms with E-state index in [0.717, 1.165) is 58.8 Å². The fourth-order valence-corrected chi connectivity index (χ4v) is 4.30. The SMILES string of the molecule is Cc1cnc(C)c(-c2ccc3c(c2)C[C@H](CNC(=O)C2(c4ccccc4)CC2)O3)n1. The van der Waals surface area contributed by atoms with Gasteiger partial charge in [0.1, 0.15) is 11.9 Å². The lowest BCUT2D eigenvalue weighted by molar-refractivity contribution is -0.123. The van der Waals surface area contributed by atoms with Crippen molar-refractivity contribution in [1.82, 2.24) is 15.3 Å². The van der Waals surface area contributed by atoms with Gasteiger partial charge in [0.05, 0.1) is 29.0 Å². The molecular formula is C25H25N3O2. The molecule has 1 fully saturated rings. The van der Waals surface area contributed by atoms with Crippen LogP contribution in [0.15, 0.2) is 54.7 Å². The molecule has 30 heavy (non-hydrogen) atoms. The monoisotopic (exact) mass is 399 g/mol. The van der Waals surface area contributed by atoms with Gasteiger partial charge in [-0.2, -0.15) is 0 Å². The molecular weight excluding hydrogens is 374 g/mol. The van der Waals surface area contributed by atoms with Gasteiger partial charge in [-0.15, -0.1) is 0 Å². The van der Waals surface area contributed by atoms with Crippen molar-refractivity contribution < 1.29 is 9.53 Å². The van der Waals surface area contributed by atoms with Crippen molar-refractivity contribution in [3.05, 3.63) is 77.2 Å². The van der Waals surface area contributed by atoms with Crippen molar-refractivity contribution in [1.29, 1.82) is 0 Å². The lowest BCUT2D eigenvalue weighted by atomic mass is 9.95. The first-order valence-electron chi connectivity index (χ1n) is 10.5. The molecule has 2 aromatic carbocycles. The number of ether oxygens (including phenoxy) is 1. The van der Waals surface area contributed by atoms with Crippen molar-refractivity contribution in [3.63, 3.8) is 0 Å². The number of carbonyl (C=O) groups is 1. The molecule has 0 radical (unpaired) electrons. The average Bonchev–Trinajstić information content (AvgIpc) is 3.48. The van der Waals surface area contributed by atoms with E-state index in [1.54, 1.807) is 6.20 Å². The normalized spacial score (nSPS) is 18.4. The maximum absolute atomic E-state index is 12.9. The summed E-state index contributed by atoms with van der Waals surface area (Å²) in [7, 11) is 0. The molecule has 1 N–H and O–H groups in total. The average molecular weight is 399 g/mol. The summed E-state index contributed by atoms with van der Waals surface area (Å²) in [5.41, 5.74) is 5.70. The van der Waals surface area contributed by atoms with Crippen LogP contribution in [0.4, 0.5) is 0 Å². The minimum Gasteiger partial charge on any atom is -0.488 e. The quantitative estimate of drug-likeness (QED) is 0.706. The summed E-state index contributed by atoms with van der Waals surface area (Å²) >= 11 is 0. The highest BCUT2D eigenvalue weighted by molar-refractivity contribution is 5.91. The van der Waals surface area contributed by atoms with Crippen molar-refractivity contribution in [3.8, 4) is 17.0 Å². The molecule has 1 saturated carbocycles. The highest BCUT2D eigenvalue weighted by Crippen LogP contribution is 2.48. The molecule has 1 aliphatic heterocycles. The third kappa shape index (κ3) is 3.34. The maximum Gasteiger partial charge on any atom is 0.230 e. The van der Waals surface area contributed by atoms with E-state index in [1.165, 1.54) is 0 Å². The number of rotatable bonds is 5. The number of nitrogens with one attached hydrogen (secondary N) is 1. The molecule has 152 valence electrons. The Kier molecular flexibility index (Phi) is 4.54. The van der Waals surface area contributed by atoms with Gasteiger partial charge in [-0.1, -0.05) is 30.3 Å². The Morgan fingerprint density at radius 1 is 1.17 bits per heavy atom. The number of fused-ring (bicyclic) bond motifs is 1. The van der Waals surface area contributed by atoms with Crippen LogP contribution < -0.4 is 10.1 Å². The van der Waals surface area contributed by atoms with Crippen molar-refractivity contribution in [2.75, 3.05) is 6.54 Å². The molecule has 5 rings (SSSR count). The van der Waals surface area contributed by atoms with E-state index in [4.69, 9.17) is 4.74 Å². The Balaban J connectivity index is 1.26. The van der Waals surface area contributed by atoms with Crippen LogP contribution in [0.3, 0.4) is 0 Å². The summed E-state index contributed by atoms with van der Waals surface area (Å²) in [4.78, 5) is 22.0. The zero-order valence-electron chi connectivity index (χ0n) is 17.3. The Labute approximate surface area is 176 Å². The molecule has 0 spiro atoms. The highest BCUT2D eigenvalue weighted by Gasteiger charge is 2.51. The van der Waals surface area contributed by atoms with E-state index < -0.39 is 0 Å². The first-order chi connectivity index (χ1) is 14.5. The molecule has 1 aromatic heterocycles. The van der Waals surface area contributed by atoms with Gasteiger partial charge in [-0.3, -0.25) is 9.78 Å². The first-order valence-corrected chi connectivity index (χ1v) is 10.5.